The van der Waals surface area contributed by atoms with Crippen molar-refractivity contribution in [1.29, 1.82) is 0 Å². The summed E-state index contributed by atoms with van der Waals surface area (Å²) < 4.78 is 2.41. The van der Waals surface area contributed by atoms with E-state index in [0.29, 0.717) is 5.84 Å². The SMILES string of the molecule is CC1(C)c2ccccc2-c2c1ccc1c2c2ccccc2n1-c1cccc(C2=NC(c3ccccc3)NC(c3cccc(-c4ccccc4)c3)=N2)c1. The van der Waals surface area contributed by atoms with E-state index in [1.165, 1.54) is 49.6 Å². The van der Waals surface area contributed by atoms with Gasteiger partial charge >= 0.3 is 0 Å². The molecule has 1 aliphatic carbocycles. The summed E-state index contributed by atoms with van der Waals surface area (Å²) in [6, 6.07) is 60.5. The van der Waals surface area contributed by atoms with Crippen LogP contribution in [0.3, 0.4) is 0 Å². The van der Waals surface area contributed by atoms with Gasteiger partial charge in [0.1, 0.15) is 12.0 Å². The molecule has 10 rings (SSSR count). The predicted molar refractivity (Wildman–Crippen MR) is 216 cm³/mol. The van der Waals surface area contributed by atoms with Crippen LogP contribution < -0.4 is 5.32 Å². The van der Waals surface area contributed by atoms with Gasteiger partial charge in [0.2, 0.25) is 0 Å². The van der Waals surface area contributed by atoms with Gasteiger partial charge in [-0.15, -0.1) is 0 Å². The van der Waals surface area contributed by atoms with Crippen LogP contribution in [-0.4, -0.2) is 16.2 Å². The van der Waals surface area contributed by atoms with E-state index in [4.69, 9.17) is 9.98 Å². The largest absolute Gasteiger partial charge is 0.344 e. The second kappa shape index (κ2) is 11.8. The maximum atomic E-state index is 5.22. The first-order valence-electron chi connectivity index (χ1n) is 18.0. The Labute approximate surface area is 303 Å². The highest BCUT2D eigenvalue weighted by molar-refractivity contribution is 6.18. The molecular formula is C48H36N4. The minimum atomic E-state index is -0.285. The number of nitrogens with one attached hydrogen (secondary N) is 1. The van der Waals surface area contributed by atoms with Crippen LogP contribution in [0.15, 0.2) is 180 Å². The maximum Gasteiger partial charge on any atom is 0.159 e. The topological polar surface area (TPSA) is 41.7 Å². The van der Waals surface area contributed by atoms with E-state index in [0.717, 1.165) is 33.8 Å². The second-order valence-corrected chi connectivity index (χ2v) is 14.3. The zero-order valence-electron chi connectivity index (χ0n) is 29.1. The Balaban J connectivity index is 1.14. The smallest absolute Gasteiger partial charge is 0.159 e. The lowest BCUT2D eigenvalue weighted by atomic mass is 9.82. The molecule has 1 atom stereocenters. The van der Waals surface area contributed by atoms with E-state index in [2.05, 4.69) is 181 Å². The molecule has 2 heterocycles. The van der Waals surface area contributed by atoms with Gasteiger partial charge in [-0.2, -0.15) is 0 Å². The van der Waals surface area contributed by atoms with Gasteiger partial charge in [0.15, 0.2) is 5.84 Å². The van der Waals surface area contributed by atoms with Gasteiger partial charge in [-0.25, -0.2) is 9.98 Å². The summed E-state index contributed by atoms with van der Waals surface area (Å²) >= 11 is 0. The Hall–Kier alpha value is -6.52. The number of benzene rings is 7. The van der Waals surface area contributed by atoms with Crippen molar-refractivity contribution in [1.82, 2.24) is 9.88 Å². The van der Waals surface area contributed by atoms with E-state index < -0.39 is 0 Å². The minimum absolute atomic E-state index is 0.0674. The molecule has 0 saturated carbocycles. The van der Waals surface area contributed by atoms with Crippen molar-refractivity contribution in [2.24, 2.45) is 9.98 Å². The van der Waals surface area contributed by atoms with Crippen LogP contribution in [0.1, 0.15) is 47.8 Å². The van der Waals surface area contributed by atoms with Crippen molar-refractivity contribution in [2.45, 2.75) is 25.4 Å². The third kappa shape index (κ3) is 4.75. The third-order valence-corrected chi connectivity index (χ3v) is 10.8. The Morgan fingerprint density at radius 3 is 2.12 bits per heavy atom. The fraction of sp³-hybridized carbons (Fsp3) is 0.0833. The van der Waals surface area contributed by atoms with Crippen molar-refractivity contribution in [3.05, 3.63) is 198 Å². The third-order valence-electron chi connectivity index (χ3n) is 10.8. The molecule has 1 aromatic heterocycles. The first-order chi connectivity index (χ1) is 25.5. The molecule has 2 aliphatic rings. The fourth-order valence-corrected chi connectivity index (χ4v) is 8.32. The lowest BCUT2D eigenvalue weighted by molar-refractivity contribution is 0.661. The summed E-state index contributed by atoms with van der Waals surface area (Å²) in [4.78, 5) is 10.4. The van der Waals surface area contributed by atoms with Crippen LogP contribution in [0, 0.1) is 0 Å². The van der Waals surface area contributed by atoms with E-state index in [1.54, 1.807) is 0 Å². The molecule has 8 aromatic rings. The molecule has 0 fully saturated rings. The van der Waals surface area contributed by atoms with Gasteiger partial charge in [0.05, 0.1) is 11.0 Å². The summed E-state index contributed by atoms with van der Waals surface area (Å²) in [5.74, 6) is 1.50. The number of fused-ring (bicyclic) bond motifs is 7. The van der Waals surface area contributed by atoms with Gasteiger partial charge in [0.25, 0.3) is 0 Å². The monoisotopic (exact) mass is 668 g/mol. The Bertz CT molecular complexity index is 2730. The molecule has 1 aliphatic heterocycles. The van der Waals surface area contributed by atoms with Gasteiger partial charge in [-0.1, -0.05) is 153 Å². The molecule has 7 aromatic carbocycles. The lowest BCUT2D eigenvalue weighted by Crippen LogP contribution is -2.33. The first kappa shape index (κ1) is 30.3. The summed E-state index contributed by atoms with van der Waals surface area (Å²) in [6.45, 7) is 4.70. The van der Waals surface area contributed by atoms with Gasteiger partial charge in [-0.3, -0.25) is 0 Å². The Morgan fingerprint density at radius 1 is 0.558 bits per heavy atom. The minimum Gasteiger partial charge on any atom is -0.344 e. The normalized spacial score (nSPS) is 15.8. The molecule has 248 valence electrons. The molecule has 0 spiro atoms. The van der Waals surface area contributed by atoms with Crippen LogP contribution in [0.4, 0.5) is 0 Å². The molecule has 4 nitrogen and oxygen atoms in total. The Kier molecular flexibility index (Phi) is 6.87. The number of rotatable bonds is 5. The molecule has 1 N–H and O–H groups in total. The number of para-hydroxylation sites is 1. The summed E-state index contributed by atoms with van der Waals surface area (Å²) in [6.07, 6.45) is -0.285. The standard InChI is InChI=1S/C48H36N4/c1-48(2)39-25-11-9-23-37(39)43-40(48)27-28-42-44(43)38-24-10-12-26-41(38)52(42)36-22-14-21-35(30-36)47-50-45(32-17-7-4-8-18-32)49-46(51-47)34-20-13-19-33(29-34)31-15-5-3-6-16-31/h3-30,45H,1-2H3,(H,49,50,51). The number of amidine groups is 2. The van der Waals surface area contributed by atoms with Gasteiger partial charge < -0.3 is 9.88 Å². The van der Waals surface area contributed by atoms with Gasteiger partial charge in [0, 0.05) is 33.0 Å². The van der Waals surface area contributed by atoms with Crippen molar-refractivity contribution in [3.63, 3.8) is 0 Å². The number of nitrogens with zero attached hydrogens (tertiary/aromatic N) is 3. The average Bonchev–Trinajstić information content (AvgIpc) is 3.67. The van der Waals surface area contributed by atoms with Crippen LogP contribution in [-0.2, 0) is 5.41 Å². The molecule has 0 amide bonds. The maximum absolute atomic E-state index is 5.22. The van der Waals surface area contributed by atoms with Crippen LogP contribution in [0.25, 0.3) is 49.7 Å². The average molecular weight is 669 g/mol. The molecule has 4 heteroatoms. The van der Waals surface area contributed by atoms with Crippen LogP contribution in [0.2, 0.25) is 0 Å². The quantitative estimate of drug-likeness (QED) is 0.195. The van der Waals surface area contributed by atoms with Crippen molar-refractivity contribution < 1.29 is 0 Å². The van der Waals surface area contributed by atoms with E-state index in [-0.39, 0.29) is 11.6 Å². The highest BCUT2D eigenvalue weighted by atomic mass is 15.2. The molecular weight excluding hydrogens is 633 g/mol. The number of hydrogen-bond acceptors (Lipinski definition) is 3. The highest BCUT2D eigenvalue weighted by Crippen LogP contribution is 2.53. The number of aromatic nitrogens is 1. The summed E-state index contributed by atoms with van der Waals surface area (Å²) in [5, 5.41) is 6.21. The molecule has 0 saturated heterocycles. The number of aliphatic imine (C=N–C) groups is 2. The highest BCUT2D eigenvalue weighted by Gasteiger charge is 2.37. The molecule has 0 radical (unpaired) electrons. The van der Waals surface area contributed by atoms with E-state index in [1.807, 2.05) is 12.1 Å². The zero-order chi connectivity index (χ0) is 34.8. The fourth-order valence-electron chi connectivity index (χ4n) is 8.32. The molecule has 52 heavy (non-hydrogen) atoms. The van der Waals surface area contributed by atoms with E-state index >= 15 is 0 Å². The summed E-state index contributed by atoms with van der Waals surface area (Å²) in [5.41, 5.74) is 14.2. The van der Waals surface area contributed by atoms with E-state index in [9.17, 15) is 0 Å². The lowest BCUT2D eigenvalue weighted by Gasteiger charge is -2.24. The Morgan fingerprint density at radius 2 is 1.25 bits per heavy atom. The van der Waals surface area contributed by atoms with Crippen molar-refractivity contribution in [3.8, 4) is 27.9 Å². The van der Waals surface area contributed by atoms with Crippen LogP contribution in [0.5, 0.6) is 0 Å². The van der Waals surface area contributed by atoms with Crippen molar-refractivity contribution >= 4 is 33.5 Å². The molecule has 0 bridgehead atoms. The second-order valence-electron chi connectivity index (χ2n) is 14.3. The molecule has 1 unspecified atom stereocenters. The first-order valence-corrected chi connectivity index (χ1v) is 18.0. The zero-order valence-corrected chi connectivity index (χ0v) is 29.1. The van der Waals surface area contributed by atoms with Crippen LogP contribution >= 0.6 is 0 Å². The summed E-state index contributed by atoms with van der Waals surface area (Å²) in [7, 11) is 0. The van der Waals surface area contributed by atoms with Crippen molar-refractivity contribution in [2.75, 3.05) is 0 Å². The predicted octanol–water partition coefficient (Wildman–Crippen LogP) is 11.3. The van der Waals surface area contributed by atoms with Gasteiger partial charge in [-0.05, 0) is 69.3 Å². The number of hydrogen-bond donors (Lipinski definition) is 1.